The second-order valence-electron chi connectivity index (χ2n) is 4.60. The van der Waals surface area contributed by atoms with Crippen molar-refractivity contribution in [2.45, 2.75) is 19.4 Å². The molecule has 0 radical (unpaired) electrons. The van der Waals surface area contributed by atoms with Crippen LogP contribution in [0.5, 0.6) is 0 Å². The lowest BCUT2D eigenvalue weighted by Crippen LogP contribution is -2.12. The fourth-order valence-corrected chi connectivity index (χ4v) is 2.01. The predicted octanol–water partition coefficient (Wildman–Crippen LogP) is 2.53. The molecule has 8 heteroatoms. The molecule has 0 saturated heterocycles. The average molecular weight is 326 g/mol. The van der Waals surface area contributed by atoms with Gasteiger partial charge in [-0.15, -0.1) is 0 Å². The Morgan fingerprint density at radius 2 is 2.14 bits per heavy atom. The van der Waals surface area contributed by atoms with Gasteiger partial charge in [0.25, 0.3) is 0 Å². The van der Waals surface area contributed by atoms with Crippen LogP contribution in [-0.4, -0.2) is 26.8 Å². The van der Waals surface area contributed by atoms with Gasteiger partial charge in [0.1, 0.15) is 5.82 Å². The summed E-state index contributed by atoms with van der Waals surface area (Å²) in [5.74, 6) is -1.85. The highest BCUT2D eigenvalue weighted by atomic mass is 35.5. The van der Waals surface area contributed by atoms with Crippen LogP contribution in [0.15, 0.2) is 30.6 Å². The van der Waals surface area contributed by atoms with Gasteiger partial charge in [-0.25, -0.2) is 4.39 Å². The number of amides is 1. The van der Waals surface area contributed by atoms with Gasteiger partial charge in [-0.1, -0.05) is 17.7 Å². The molecule has 0 fully saturated rings. The summed E-state index contributed by atoms with van der Waals surface area (Å²) >= 11 is 5.93. The second kappa shape index (κ2) is 7.04. The normalized spacial score (nSPS) is 10.5. The summed E-state index contributed by atoms with van der Waals surface area (Å²) < 4.78 is 14.5. The first-order valence-corrected chi connectivity index (χ1v) is 6.80. The maximum absolute atomic E-state index is 13.0. The third kappa shape index (κ3) is 4.56. The Morgan fingerprint density at radius 1 is 1.36 bits per heavy atom. The van der Waals surface area contributed by atoms with Gasteiger partial charge in [-0.2, -0.15) is 5.10 Å². The molecule has 2 rings (SSSR count). The number of nitrogens with one attached hydrogen (secondary N) is 1. The number of carboxylic acids is 1. The van der Waals surface area contributed by atoms with E-state index in [1.165, 1.54) is 23.0 Å². The highest BCUT2D eigenvalue weighted by molar-refractivity contribution is 6.31. The van der Waals surface area contributed by atoms with E-state index in [0.29, 0.717) is 22.8 Å². The standard InChI is InChI=1S/C14H13ClFN3O3/c15-12-5-10(16)2-1-9(12)7-19-8-11(6-17-19)18-13(20)3-4-14(21)22/h1-2,5-6,8H,3-4,7H2,(H,18,20)(H,21,22). The molecule has 1 aromatic heterocycles. The lowest BCUT2D eigenvalue weighted by atomic mass is 10.2. The Hall–Kier alpha value is -2.41. The van der Waals surface area contributed by atoms with Crippen LogP contribution >= 0.6 is 11.6 Å². The minimum Gasteiger partial charge on any atom is -0.481 e. The zero-order valence-electron chi connectivity index (χ0n) is 11.4. The molecule has 0 aliphatic carbocycles. The zero-order chi connectivity index (χ0) is 16.1. The number of hydrogen-bond acceptors (Lipinski definition) is 3. The van der Waals surface area contributed by atoms with E-state index >= 15 is 0 Å². The van der Waals surface area contributed by atoms with E-state index in [0.717, 1.165) is 0 Å². The van der Waals surface area contributed by atoms with Gasteiger partial charge in [0.2, 0.25) is 5.91 Å². The van der Waals surface area contributed by atoms with Crippen LogP contribution in [0, 0.1) is 5.82 Å². The monoisotopic (exact) mass is 325 g/mol. The number of halogens is 2. The van der Waals surface area contributed by atoms with Crippen molar-refractivity contribution < 1.29 is 19.1 Å². The van der Waals surface area contributed by atoms with Crippen LogP contribution in [0.4, 0.5) is 10.1 Å². The van der Waals surface area contributed by atoms with Crippen LogP contribution in [0.2, 0.25) is 5.02 Å². The third-order valence-corrected chi connectivity index (χ3v) is 3.18. The molecule has 0 bridgehead atoms. The molecule has 0 aliphatic heterocycles. The molecule has 0 unspecified atom stereocenters. The smallest absolute Gasteiger partial charge is 0.303 e. The highest BCUT2D eigenvalue weighted by Crippen LogP contribution is 2.18. The van der Waals surface area contributed by atoms with E-state index in [1.807, 2.05) is 0 Å². The molecular formula is C14H13ClFN3O3. The van der Waals surface area contributed by atoms with Crippen molar-refractivity contribution in [2.75, 3.05) is 5.32 Å². The Morgan fingerprint density at radius 3 is 2.82 bits per heavy atom. The lowest BCUT2D eigenvalue weighted by Gasteiger charge is -2.04. The van der Waals surface area contributed by atoms with Crippen LogP contribution in [0.1, 0.15) is 18.4 Å². The third-order valence-electron chi connectivity index (χ3n) is 2.83. The second-order valence-corrected chi connectivity index (χ2v) is 5.01. The topological polar surface area (TPSA) is 84.2 Å². The van der Waals surface area contributed by atoms with Gasteiger partial charge in [0, 0.05) is 17.6 Å². The van der Waals surface area contributed by atoms with E-state index in [9.17, 15) is 14.0 Å². The number of carbonyl (C=O) groups is 2. The summed E-state index contributed by atoms with van der Waals surface area (Å²) in [6.45, 7) is 0.324. The first-order chi connectivity index (χ1) is 10.4. The summed E-state index contributed by atoms with van der Waals surface area (Å²) in [6, 6.07) is 4.08. The number of rotatable bonds is 6. The first kappa shape index (κ1) is 16.0. The maximum atomic E-state index is 13.0. The van der Waals surface area contributed by atoms with E-state index < -0.39 is 17.7 Å². The number of aromatic nitrogens is 2. The largest absolute Gasteiger partial charge is 0.481 e. The van der Waals surface area contributed by atoms with E-state index in [-0.39, 0.29) is 12.8 Å². The summed E-state index contributed by atoms with van der Waals surface area (Å²) in [6.07, 6.45) is 2.68. The number of aliphatic carboxylic acids is 1. The molecule has 6 nitrogen and oxygen atoms in total. The van der Waals surface area contributed by atoms with Crippen molar-refractivity contribution >= 4 is 29.2 Å². The number of carboxylic acid groups (broad SMARTS) is 1. The van der Waals surface area contributed by atoms with E-state index in [4.69, 9.17) is 16.7 Å². The molecule has 1 aromatic carbocycles. The SMILES string of the molecule is O=C(O)CCC(=O)Nc1cnn(Cc2ccc(F)cc2Cl)c1. The van der Waals surface area contributed by atoms with Crippen molar-refractivity contribution in [2.24, 2.45) is 0 Å². The number of carbonyl (C=O) groups excluding carboxylic acids is 1. The summed E-state index contributed by atoms with van der Waals surface area (Å²) in [4.78, 5) is 21.9. The Labute approximate surface area is 130 Å². The Balaban J connectivity index is 1.96. The van der Waals surface area contributed by atoms with Gasteiger partial charge >= 0.3 is 5.97 Å². The fourth-order valence-electron chi connectivity index (χ4n) is 1.78. The molecule has 116 valence electrons. The molecule has 0 aliphatic rings. The van der Waals surface area contributed by atoms with Gasteiger partial charge in [-0.05, 0) is 17.7 Å². The zero-order valence-corrected chi connectivity index (χ0v) is 12.2. The molecule has 0 saturated carbocycles. The van der Waals surface area contributed by atoms with Gasteiger partial charge in [0.05, 0.1) is 24.8 Å². The van der Waals surface area contributed by atoms with Gasteiger partial charge < -0.3 is 10.4 Å². The summed E-state index contributed by atoms with van der Waals surface area (Å²) in [5.41, 5.74) is 1.14. The van der Waals surface area contributed by atoms with Crippen LogP contribution in [0.25, 0.3) is 0 Å². The lowest BCUT2D eigenvalue weighted by molar-refractivity contribution is -0.138. The average Bonchev–Trinajstić information content (AvgIpc) is 2.87. The predicted molar refractivity (Wildman–Crippen MR) is 78.2 cm³/mol. The first-order valence-electron chi connectivity index (χ1n) is 6.42. The number of nitrogens with zero attached hydrogens (tertiary/aromatic N) is 2. The molecule has 1 heterocycles. The number of hydrogen-bond donors (Lipinski definition) is 2. The molecule has 22 heavy (non-hydrogen) atoms. The molecule has 0 atom stereocenters. The van der Waals surface area contributed by atoms with Crippen molar-refractivity contribution in [3.05, 3.63) is 47.0 Å². The van der Waals surface area contributed by atoms with E-state index in [1.54, 1.807) is 12.3 Å². The van der Waals surface area contributed by atoms with Crippen LogP contribution in [0.3, 0.4) is 0 Å². The maximum Gasteiger partial charge on any atom is 0.303 e. The van der Waals surface area contributed by atoms with Crippen molar-refractivity contribution in [3.8, 4) is 0 Å². The summed E-state index contributed by atoms with van der Waals surface area (Å²) in [7, 11) is 0. The van der Waals surface area contributed by atoms with Gasteiger partial charge in [-0.3, -0.25) is 14.3 Å². The van der Waals surface area contributed by atoms with Crippen LogP contribution < -0.4 is 5.32 Å². The van der Waals surface area contributed by atoms with Crippen LogP contribution in [-0.2, 0) is 16.1 Å². The summed E-state index contributed by atoms with van der Waals surface area (Å²) in [5, 5.41) is 15.4. The molecule has 2 aromatic rings. The number of anilines is 1. The van der Waals surface area contributed by atoms with Gasteiger partial charge in [0.15, 0.2) is 0 Å². The molecular weight excluding hydrogens is 313 g/mol. The highest BCUT2D eigenvalue weighted by Gasteiger charge is 2.08. The Kier molecular flexibility index (Phi) is 5.11. The molecule has 0 spiro atoms. The minimum atomic E-state index is -1.03. The van der Waals surface area contributed by atoms with E-state index in [2.05, 4.69) is 10.4 Å². The van der Waals surface area contributed by atoms with Crippen molar-refractivity contribution in [3.63, 3.8) is 0 Å². The fraction of sp³-hybridized carbons (Fsp3) is 0.214. The quantitative estimate of drug-likeness (QED) is 0.854. The minimum absolute atomic E-state index is 0.107. The Bertz CT molecular complexity index is 702. The molecule has 2 N–H and O–H groups in total. The van der Waals surface area contributed by atoms with Crippen molar-refractivity contribution in [1.82, 2.24) is 9.78 Å². The number of benzene rings is 1. The molecule has 1 amide bonds. The van der Waals surface area contributed by atoms with Crippen molar-refractivity contribution in [1.29, 1.82) is 0 Å².